The molecule has 1 heterocycles. The summed E-state index contributed by atoms with van der Waals surface area (Å²) in [5.41, 5.74) is 1.20. The van der Waals surface area contributed by atoms with E-state index in [0.717, 1.165) is 5.56 Å². The minimum absolute atomic E-state index is 0.0322. The van der Waals surface area contributed by atoms with Gasteiger partial charge in [-0.15, -0.1) is 0 Å². The van der Waals surface area contributed by atoms with Crippen LogP contribution in [0, 0.1) is 17.0 Å². The number of nitro benzene ring substituents is 1. The third-order valence-electron chi connectivity index (χ3n) is 3.68. The van der Waals surface area contributed by atoms with Crippen molar-refractivity contribution in [2.24, 2.45) is 0 Å². The summed E-state index contributed by atoms with van der Waals surface area (Å²) in [5.74, 6) is -1.74. The van der Waals surface area contributed by atoms with Crippen molar-refractivity contribution in [2.75, 3.05) is 11.9 Å². The zero-order valence-corrected chi connectivity index (χ0v) is 14.1. The van der Waals surface area contributed by atoms with Gasteiger partial charge in [0.25, 0.3) is 11.6 Å². The van der Waals surface area contributed by atoms with E-state index in [0.29, 0.717) is 18.7 Å². The standard InChI is InChI=1S/C17H19N3O6/c1-11-6-7-14(20(24)25)13(10-11)18-8-2-4-12(17(22)23)19-16(21)15-5-3-9-26-15/h3,5-7,9-10,12,18H,2,4,8H2,1H3,(H,19,21)(H,22,23)/t12-/m0/s1. The van der Waals surface area contributed by atoms with Crippen LogP contribution in [0.1, 0.15) is 29.0 Å². The molecular weight excluding hydrogens is 342 g/mol. The number of aliphatic carboxylic acids is 1. The first kappa shape index (κ1) is 19.0. The highest BCUT2D eigenvalue weighted by Gasteiger charge is 2.21. The predicted molar refractivity (Wildman–Crippen MR) is 93.2 cm³/mol. The molecule has 3 N–H and O–H groups in total. The van der Waals surface area contributed by atoms with Crippen LogP contribution in [-0.4, -0.2) is 34.5 Å². The fourth-order valence-electron chi connectivity index (χ4n) is 2.37. The van der Waals surface area contributed by atoms with Crippen LogP contribution >= 0.6 is 0 Å². The molecule has 138 valence electrons. The van der Waals surface area contributed by atoms with Gasteiger partial charge in [0.15, 0.2) is 5.76 Å². The van der Waals surface area contributed by atoms with Gasteiger partial charge < -0.3 is 20.2 Å². The molecular formula is C17H19N3O6. The highest BCUT2D eigenvalue weighted by molar-refractivity contribution is 5.94. The first-order valence-electron chi connectivity index (χ1n) is 7.94. The van der Waals surface area contributed by atoms with Crippen molar-refractivity contribution in [1.29, 1.82) is 0 Å². The summed E-state index contributed by atoms with van der Waals surface area (Å²) in [6.07, 6.45) is 1.87. The van der Waals surface area contributed by atoms with E-state index in [1.54, 1.807) is 12.1 Å². The largest absolute Gasteiger partial charge is 0.480 e. The highest BCUT2D eigenvalue weighted by atomic mass is 16.6. The number of carboxylic acids is 1. The zero-order chi connectivity index (χ0) is 19.1. The van der Waals surface area contributed by atoms with E-state index in [9.17, 15) is 24.8 Å². The number of anilines is 1. The third-order valence-corrected chi connectivity index (χ3v) is 3.68. The van der Waals surface area contributed by atoms with Gasteiger partial charge in [0, 0.05) is 12.6 Å². The van der Waals surface area contributed by atoms with Crippen molar-refractivity contribution in [3.05, 3.63) is 58.0 Å². The molecule has 0 aliphatic carbocycles. The van der Waals surface area contributed by atoms with E-state index < -0.39 is 22.8 Å². The lowest BCUT2D eigenvalue weighted by Crippen LogP contribution is -2.40. The molecule has 0 unspecified atom stereocenters. The Morgan fingerprint density at radius 1 is 1.35 bits per heavy atom. The second-order valence-corrected chi connectivity index (χ2v) is 5.69. The molecule has 1 amide bonds. The van der Waals surface area contributed by atoms with Crippen molar-refractivity contribution in [3.63, 3.8) is 0 Å². The minimum Gasteiger partial charge on any atom is -0.480 e. The summed E-state index contributed by atoms with van der Waals surface area (Å²) in [7, 11) is 0. The molecule has 2 rings (SSSR count). The number of carboxylic acid groups (broad SMARTS) is 1. The molecule has 1 atom stereocenters. The van der Waals surface area contributed by atoms with Gasteiger partial charge in [-0.25, -0.2) is 4.79 Å². The molecule has 0 aliphatic heterocycles. The van der Waals surface area contributed by atoms with Gasteiger partial charge in [0.05, 0.1) is 11.2 Å². The summed E-state index contributed by atoms with van der Waals surface area (Å²) >= 11 is 0. The van der Waals surface area contributed by atoms with Crippen LogP contribution in [0.25, 0.3) is 0 Å². The average Bonchev–Trinajstić information content (AvgIpc) is 3.11. The van der Waals surface area contributed by atoms with Gasteiger partial charge in [-0.1, -0.05) is 6.07 Å². The molecule has 1 aromatic carbocycles. The summed E-state index contributed by atoms with van der Waals surface area (Å²) in [6.45, 7) is 2.14. The molecule has 9 heteroatoms. The third kappa shape index (κ3) is 5.07. The fraction of sp³-hybridized carbons (Fsp3) is 0.294. The number of carbonyl (C=O) groups is 2. The number of hydrogen-bond donors (Lipinski definition) is 3. The van der Waals surface area contributed by atoms with Crippen molar-refractivity contribution in [1.82, 2.24) is 5.32 Å². The number of furan rings is 1. The van der Waals surface area contributed by atoms with Crippen molar-refractivity contribution >= 4 is 23.3 Å². The number of rotatable bonds is 9. The average molecular weight is 361 g/mol. The van der Waals surface area contributed by atoms with Gasteiger partial charge in [0.1, 0.15) is 11.7 Å². The second-order valence-electron chi connectivity index (χ2n) is 5.69. The Morgan fingerprint density at radius 2 is 2.12 bits per heavy atom. The number of amides is 1. The van der Waals surface area contributed by atoms with Crippen LogP contribution in [0.4, 0.5) is 11.4 Å². The zero-order valence-electron chi connectivity index (χ0n) is 14.1. The lowest BCUT2D eigenvalue weighted by molar-refractivity contribution is -0.384. The van der Waals surface area contributed by atoms with Gasteiger partial charge in [-0.3, -0.25) is 14.9 Å². The molecule has 0 saturated carbocycles. The van der Waals surface area contributed by atoms with Gasteiger partial charge in [0.2, 0.25) is 0 Å². The van der Waals surface area contributed by atoms with Crippen LogP contribution in [-0.2, 0) is 4.79 Å². The van der Waals surface area contributed by atoms with E-state index >= 15 is 0 Å². The molecule has 0 fully saturated rings. The van der Waals surface area contributed by atoms with Gasteiger partial charge >= 0.3 is 5.97 Å². The highest BCUT2D eigenvalue weighted by Crippen LogP contribution is 2.25. The Morgan fingerprint density at radius 3 is 2.73 bits per heavy atom. The number of nitro groups is 1. The summed E-state index contributed by atoms with van der Waals surface area (Å²) in [4.78, 5) is 33.7. The molecule has 0 saturated heterocycles. The molecule has 0 bridgehead atoms. The van der Waals surface area contributed by atoms with Crippen molar-refractivity contribution in [3.8, 4) is 0 Å². The number of aryl methyl sites for hydroxylation is 1. The van der Waals surface area contributed by atoms with Crippen molar-refractivity contribution < 1.29 is 24.0 Å². The Hall–Kier alpha value is -3.36. The predicted octanol–water partition coefficient (Wildman–Crippen LogP) is 2.57. The van der Waals surface area contributed by atoms with E-state index in [2.05, 4.69) is 10.6 Å². The number of nitrogens with zero attached hydrogens (tertiary/aromatic N) is 1. The molecule has 0 radical (unpaired) electrons. The first-order valence-corrected chi connectivity index (χ1v) is 7.94. The van der Waals surface area contributed by atoms with Crippen LogP contribution in [0.15, 0.2) is 41.0 Å². The van der Waals surface area contributed by atoms with Crippen LogP contribution in [0.2, 0.25) is 0 Å². The summed E-state index contributed by atoms with van der Waals surface area (Å²) < 4.78 is 4.93. The normalized spacial score (nSPS) is 11.6. The van der Waals surface area contributed by atoms with E-state index in [1.165, 1.54) is 24.5 Å². The molecule has 26 heavy (non-hydrogen) atoms. The fourth-order valence-corrected chi connectivity index (χ4v) is 2.37. The smallest absolute Gasteiger partial charge is 0.326 e. The maximum atomic E-state index is 11.9. The van der Waals surface area contributed by atoms with Gasteiger partial charge in [-0.05, 0) is 43.5 Å². The lowest BCUT2D eigenvalue weighted by Gasteiger charge is -2.14. The summed E-state index contributed by atoms with van der Waals surface area (Å²) in [6, 6.07) is 6.61. The monoisotopic (exact) mass is 361 g/mol. The molecule has 2 aromatic rings. The van der Waals surface area contributed by atoms with E-state index in [-0.39, 0.29) is 17.9 Å². The lowest BCUT2D eigenvalue weighted by atomic mass is 10.1. The molecule has 0 spiro atoms. The Balaban J connectivity index is 1.89. The minimum atomic E-state index is -1.16. The first-order chi connectivity index (χ1) is 12.4. The number of nitrogens with one attached hydrogen (secondary N) is 2. The second kappa shape index (κ2) is 8.65. The number of carbonyl (C=O) groups excluding carboxylic acids is 1. The van der Waals surface area contributed by atoms with E-state index in [4.69, 9.17) is 4.42 Å². The Kier molecular flexibility index (Phi) is 6.31. The topological polar surface area (TPSA) is 135 Å². The Bertz CT molecular complexity index is 788. The van der Waals surface area contributed by atoms with Crippen LogP contribution in [0.3, 0.4) is 0 Å². The SMILES string of the molecule is Cc1ccc([N+](=O)[O-])c(NCCC[C@H](NC(=O)c2ccco2)C(=O)O)c1. The van der Waals surface area contributed by atoms with Crippen LogP contribution in [0.5, 0.6) is 0 Å². The summed E-state index contributed by atoms with van der Waals surface area (Å²) in [5, 5.41) is 25.6. The maximum absolute atomic E-state index is 11.9. The van der Waals surface area contributed by atoms with Gasteiger partial charge in [-0.2, -0.15) is 0 Å². The van der Waals surface area contributed by atoms with Crippen molar-refractivity contribution in [2.45, 2.75) is 25.8 Å². The maximum Gasteiger partial charge on any atom is 0.326 e. The van der Waals surface area contributed by atoms with E-state index in [1.807, 2.05) is 6.92 Å². The molecule has 0 aliphatic rings. The molecule has 9 nitrogen and oxygen atoms in total. The number of benzene rings is 1. The number of hydrogen-bond acceptors (Lipinski definition) is 6. The van der Waals surface area contributed by atoms with Crippen LogP contribution < -0.4 is 10.6 Å². The quantitative estimate of drug-likeness (QED) is 0.355. The Labute approximate surface area is 149 Å². The molecule has 1 aromatic heterocycles.